The maximum atomic E-state index is 11.8. The molecule has 7 heteroatoms. The van der Waals surface area contributed by atoms with Gasteiger partial charge in [-0.1, -0.05) is 35.9 Å². The number of amides is 1. The molecule has 2 aromatic carbocycles. The highest BCUT2D eigenvalue weighted by Crippen LogP contribution is 2.22. The Morgan fingerprint density at radius 3 is 2.50 bits per heavy atom. The second kappa shape index (κ2) is 8.88. The van der Waals surface area contributed by atoms with Crippen molar-refractivity contribution in [2.75, 3.05) is 18.4 Å². The van der Waals surface area contributed by atoms with Gasteiger partial charge in [-0.05, 0) is 30.2 Å². The highest BCUT2D eigenvalue weighted by atomic mass is 35.5. The number of carbonyl (C=O) groups is 1. The zero-order valence-electron chi connectivity index (χ0n) is 13.0. The minimum atomic E-state index is -0.420. The van der Waals surface area contributed by atoms with Gasteiger partial charge in [0.2, 0.25) is 5.91 Å². The molecule has 0 aliphatic carbocycles. The molecule has 0 aromatic heterocycles. The quantitative estimate of drug-likeness (QED) is 0.435. The Bertz CT molecular complexity index is 704. The van der Waals surface area contributed by atoms with Crippen molar-refractivity contribution in [1.29, 1.82) is 0 Å². The minimum absolute atomic E-state index is 0.0456. The number of benzene rings is 2. The Morgan fingerprint density at radius 2 is 1.79 bits per heavy atom. The van der Waals surface area contributed by atoms with Gasteiger partial charge in [0.25, 0.3) is 5.69 Å². The van der Waals surface area contributed by atoms with Gasteiger partial charge in [0, 0.05) is 24.2 Å². The van der Waals surface area contributed by atoms with Crippen molar-refractivity contribution in [2.24, 2.45) is 0 Å². The lowest BCUT2D eigenvalue weighted by Crippen LogP contribution is -2.27. The highest BCUT2D eigenvalue weighted by molar-refractivity contribution is 6.30. The molecule has 0 saturated heterocycles. The van der Waals surface area contributed by atoms with Gasteiger partial charge >= 0.3 is 0 Å². The first-order valence-corrected chi connectivity index (χ1v) is 7.92. The zero-order chi connectivity index (χ0) is 17.4. The number of nitrogens with one attached hydrogen (secondary N) is 2. The standard InChI is InChI=1S/C17H18ClN3O3/c18-14-8-6-13(7-9-14)12-17(22)20-11-3-10-19-15-4-1-2-5-16(15)21(23)24/h1-2,4-9,19H,3,10-12H2,(H,20,22). The number of para-hydroxylation sites is 2. The summed E-state index contributed by atoms with van der Waals surface area (Å²) in [7, 11) is 0. The van der Waals surface area contributed by atoms with E-state index in [2.05, 4.69) is 10.6 Å². The van der Waals surface area contributed by atoms with Crippen molar-refractivity contribution >= 4 is 28.9 Å². The van der Waals surface area contributed by atoms with Crippen molar-refractivity contribution < 1.29 is 9.72 Å². The molecule has 2 aromatic rings. The molecular formula is C17H18ClN3O3. The van der Waals surface area contributed by atoms with Gasteiger partial charge in [-0.25, -0.2) is 0 Å². The third-order valence-corrected chi connectivity index (χ3v) is 3.62. The molecule has 0 spiro atoms. The van der Waals surface area contributed by atoms with Gasteiger partial charge in [0.1, 0.15) is 5.69 Å². The summed E-state index contributed by atoms with van der Waals surface area (Å²) in [4.78, 5) is 22.3. The van der Waals surface area contributed by atoms with Gasteiger partial charge in [-0.3, -0.25) is 14.9 Å². The number of nitro groups is 1. The molecule has 0 fully saturated rings. The van der Waals surface area contributed by atoms with E-state index >= 15 is 0 Å². The number of nitrogens with zero attached hydrogens (tertiary/aromatic N) is 1. The molecule has 1 amide bonds. The van der Waals surface area contributed by atoms with Crippen LogP contribution in [0, 0.1) is 10.1 Å². The van der Waals surface area contributed by atoms with Gasteiger partial charge in [0.15, 0.2) is 0 Å². The summed E-state index contributed by atoms with van der Waals surface area (Å²) in [6.45, 7) is 1.03. The molecule has 126 valence electrons. The van der Waals surface area contributed by atoms with Gasteiger partial charge < -0.3 is 10.6 Å². The summed E-state index contributed by atoms with van der Waals surface area (Å²) < 4.78 is 0. The van der Waals surface area contributed by atoms with Gasteiger partial charge in [-0.15, -0.1) is 0 Å². The molecule has 24 heavy (non-hydrogen) atoms. The average Bonchev–Trinajstić information content (AvgIpc) is 2.57. The lowest BCUT2D eigenvalue weighted by molar-refractivity contribution is -0.384. The van der Waals surface area contributed by atoms with Crippen molar-refractivity contribution in [2.45, 2.75) is 12.8 Å². The van der Waals surface area contributed by atoms with E-state index in [0.717, 1.165) is 5.56 Å². The summed E-state index contributed by atoms with van der Waals surface area (Å²) in [5.41, 5.74) is 1.43. The van der Waals surface area contributed by atoms with Crippen LogP contribution in [-0.2, 0) is 11.2 Å². The maximum absolute atomic E-state index is 11.8. The van der Waals surface area contributed by atoms with E-state index in [4.69, 9.17) is 11.6 Å². The van der Waals surface area contributed by atoms with E-state index in [1.807, 2.05) is 12.1 Å². The first kappa shape index (κ1) is 17.7. The first-order chi connectivity index (χ1) is 11.6. The Labute approximate surface area is 145 Å². The average molecular weight is 348 g/mol. The van der Waals surface area contributed by atoms with Crippen molar-refractivity contribution in [3.05, 3.63) is 69.2 Å². The molecule has 0 aliphatic heterocycles. The molecule has 0 heterocycles. The molecular weight excluding hydrogens is 330 g/mol. The third kappa shape index (κ3) is 5.55. The van der Waals surface area contributed by atoms with Crippen LogP contribution in [0.25, 0.3) is 0 Å². The summed E-state index contributed by atoms with van der Waals surface area (Å²) in [6, 6.07) is 13.6. The van der Waals surface area contributed by atoms with E-state index in [1.54, 1.807) is 30.3 Å². The molecule has 0 saturated carbocycles. The van der Waals surface area contributed by atoms with Gasteiger partial charge in [0.05, 0.1) is 11.3 Å². The number of hydrogen-bond acceptors (Lipinski definition) is 4. The van der Waals surface area contributed by atoms with E-state index in [0.29, 0.717) is 36.6 Å². The van der Waals surface area contributed by atoms with Crippen LogP contribution >= 0.6 is 11.6 Å². The predicted octanol–water partition coefficient (Wildman–Crippen LogP) is 3.41. The fraction of sp³-hybridized carbons (Fsp3) is 0.235. The molecule has 2 N–H and O–H groups in total. The SMILES string of the molecule is O=C(Cc1ccc(Cl)cc1)NCCCNc1ccccc1[N+](=O)[O-]. The third-order valence-electron chi connectivity index (χ3n) is 3.37. The number of rotatable bonds is 8. The molecule has 0 bridgehead atoms. The molecule has 2 rings (SSSR count). The Morgan fingerprint density at radius 1 is 1.08 bits per heavy atom. The van der Waals surface area contributed by atoms with Crippen molar-refractivity contribution in [1.82, 2.24) is 5.32 Å². The summed E-state index contributed by atoms with van der Waals surface area (Å²) in [6.07, 6.45) is 0.965. The van der Waals surface area contributed by atoms with Crippen molar-refractivity contribution in [3.8, 4) is 0 Å². The maximum Gasteiger partial charge on any atom is 0.292 e. The Balaban J connectivity index is 1.69. The molecule has 0 unspecified atom stereocenters. The van der Waals surface area contributed by atoms with Gasteiger partial charge in [-0.2, -0.15) is 0 Å². The monoisotopic (exact) mass is 347 g/mol. The second-order valence-corrected chi connectivity index (χ2v) is 5.64. The number of carbonyl (C=O) groups excluding carboxylic acids is 1. The lowest BCUT2D eigenvalue weighted by atomic mass is 10.1. The fourth-order valence-electron chi connectivity index (χ4n) is 2.17. The summed E-state index contributed by atoms with van der Waals surface area (Å²) in [5, 5.41) is 17.4. The highest BCUT2D eigenvalue weighted by Gasteiger charge is 2.11. The zero-order valence-corrected chi connectivity index (χ0v) is 13.8. The predicted molar refractivity (Wildman–Crippen MR) is 94.4 cm³/mol. The number of anilines is 1. The molecule has 0 atom stereocenters. The topological polar surface area (TPSA) is 84.3 Å². The van der Waals surface area contributed by atoms with Crippen LogP contribution in [0.3, 0.4) is 0 Å². The Kier molecular flexibility index (Phi) is 6.57. The Hall–Kier alpha value is -2.60. The van der Waals surface area contributed by atoms with E-state index in [9.17, 15) is 14.9 Å². The van der Waals surface area contributed by atoms with Crippen LogP contribution in [0.4, 0.5) is 11.4 Å². The van der Waals surface area contributed by atoms with E-state index in [-0.39, 0.29) is 11.6 Å². The molecule has 0 radical (unpaired) electrons. The molecule has 6 nitrogen and oxygen atoms in total. The van der Waals surface area contributed by atoms with Crippen molar-refractivity contribution in [3.63, 3.8) is 0 Å². The van der Waals surface area contributed by atoms with Crippen LogP contribution in [0.1, 0.15) is 12.0 Å². The number of hydrogen-bond donors (Lipinski definition) is 2. The summed E-state index contributed by atoms with van der Waals surface area (Å²) >= 11 is 5.80. The fourth-order valence-corrected chi connectivity index (χ4v) is 2.30. The smallest absolute Gasteiger partial charge is 0.292 e. The normalized spacial score (nSPS) is 10.2. The van der Waals surface area contributed by atoms with Crippen LogP contribution < -0.4 is 10.6 Å². The van der Waals surface area contributed by atoms with Crippen LogP contribution in [0.5, 0.6) is 0 Å². The minimum Gasteiger partial charge on any atom is -0.379 e. The van der Waals surface area contributed by atoms with E-state index < -0.39 is 4.92 Å². The van der Waals surface area contributed by atoms with Crippen LogP contribution in [-0.4, -0.2) is 23.9 Å². The molecule has 0 aliphatic rings. The second-order valence-electron chi connectivity index (χ2n) is 5.21. The van der Waals surface area contributed by atoms with E-state index in [1.165, 1.54) is 6.07 Å². The number of halogens is 1. The van der Waals surface area contributed by atoms with Crippen LogP contribution in [0.2, 0.25) is 5.02 Å². The van der Waals surface area contributed by atoms with Crippen LogP contribution in [0.15, 0.2) is 48.5 Å². The summed E-state index contributed by atoms with van der Waals surface area (Å²) in [5.74, 6) is -0.0667. The first-order valence-electron chi connectivity index (χ1n) is 7.54. The lowest BCUT2D eigenvalue weighted by Gasteiger charge is -2.08. The largest absolute Gasteiger partial charge is 0.379 e. The number of nitro benzene ring substituents is 1.